The van der Waals surface area contributed by atoms with E-state index >= 15 is 0 Å². The quantitative estimate of drug-likeness (QED) is 0.543. The third-order valence-electron chi connectivity index (χ3n) is 5.92. The van der Waals surface area contributed by atoms with Crippen molar-refractivity contribution in [2.75, 3.05) is 6.54 Å². The standard InChI is InChI=1S/C25H24ClN3O3/c1-3-21(17-9-12-20(26)13-10-17)27-22(30)15-29-23(31)25(2,28-24(29)32)19-11-8-16-6-4-5-7-18(16)14-19/h4-14,21H,3,15H2,1-2H3,(H,27,30)(H,28,32). The number of hydrogen-bond acceptors (Lipinski definition) is 3. The van der Waals surface area contributed by atoms with Gasteiger partial charge in [-0.25, -0.2) is 4.79 Å². The molecule has 0 spiro atoms. The first kappa shape index (κ1) is 21.8. The molecule has 1 aliphatic rings. The van der Waals surface area contributed by atoms with Gasteiger partial charge in [-0.2, -0.15) is 0 Å². The average Bonchev–Trinajstić information content (AvgIpc) is 3.01. The van der Waals surface area contributed by atoms with Gasteiger partial charge in [0.25, 0.3) is 5.91 Å². The largest absolute Gasteiger partial charge is 0.348 e. The Morgan fingerprint density at radius 1 is 1.06 bits per heavy atom. The van der Waals surface area contributed by atoms with E-state index in [0.717, 1.165) is 21.2 Å². The van der Waals surface area contributed by atoms with Crippen LogP contribution in [0.1, 0.15) is 37.4 Å². The molecule has 0 aromatic heterocycles. The normalized spacial score (nSPS) is 19.2. The maximum Gasteiger partial charge on any atom is 0.325 e. The van der Waals surface area contributed by atoms with Crippen LogP contribution in [0.2, 0.25) is 5.02 Å². The first-order valence-electron chi connectivity index (χ1n) is 10.5. The molecule has 2 atom stereocenters. The molecule has 0 bridgehead atoms. The Morgan fingerprint density at radius 3 is 2.44 bits per heavy atom. The van der Waals surface area contributed by atoms with E-state index in [2.05, 4.69) is 10.6 Å². The smallest absolute Gasteiger partial charge is 0.325 e. The second kappa shape index (κ2) is 8.63. The molecule has 1 heterocycles. The van der Waals surface area contributed by atoms with E-state index in [0.29, 0.717) is 17.0 Å². The summed E-state index contributed by atoms with van der Waals surface area (Å²) < 4.78 is 0. The number of nitrogens with one attached hydrogen (secondary N) is 2. The van der Waals surface area contributed by atoms with Crippen LogP contribution in [0, 0.1) is 0 Å². The van der Waals surface area contributed by atoms with Gasteiger partial charge in [-0.05, 0) is 53.4 Å². The van der Waals surface area contributed by atoms with Crippen LogP contribution in [0.4, 0.5) is 4.79 Å². The van der Waals surface area contributed by atoms with Crippen LogP contribution in [0.25, 0.3) is 10.8 Å². The molecule has 3 aromatic rings. The van der Waals surface area contributed by atoms with E-state index in [1.165, 1.54) is 0 Å². The molecular weight excluding hydrogens is 426 g/mol. The lowest BCUT2D eigenvalue weighted by Crippen LogP contribution is -2.43. The summed E-state index contributed by atoms with van der Waals surface area (Å²) in [6.07, 6.45) is 0.655. The summed E-state index contributed by atoms with van der Waals surface area (Å²) in [5.74, 6) is -0.856. The summed E-state index contributed by atoms with van der Waals surface area (Å²) in [6, 6.07) is 19.8. The minimum Gasteiger partial charge on any atom is -0.348 e. The Morgan fingerprint density at radius 2 is 1.75 bits per heavy atom. The summed E-state index contributed by atoms with van der Waals surface area (Å²) >= 11 is 5.94. The lowest BCUT2D eigenvalue weighted by molar-refractivity contribution is -0.135. The SMILES string of the molecule is CCC(NC(=O)CN1C(=O)NC(C)(c2ccc3ccccc3c2)C1=O)c1ccc(Cl)cc1. The van der Waals surface area contributed by atoms with Crippen molar-refractivity contribution in [1.29, 1.82) is 0 Å². The predicted molar refractivity (Wildman–Crippen MR) is 124 cm³/mol. The molecule has 4 rings (SSSR count). The average molecular weight is 450 g/mol. The highest BCUT2D eigenvalue weighted by Crippen LogP contribution is 2.31. The van der Waals surface area contributed by atoms with Crippen LogP contribution < -0.4 is 10.6 Å². The second-order valence-corrected chi connectivity index (χ2v) is 8.52. The molecule has 1 fully saturated rings. The number of imide groups is 1. The Labute approximate surface area is 191 Å². The van der Waals surface area contributed by atoms with Crippen LogP contribution in [-0.2, 0) is 15.1 Å². The number of fused-ring (bicyclic) bond motifs is 1. The number of carbonyl (C=O) groups excluding carboxylic acids is 3. The molecule has 7 heteroatoms. The third kappa shape index (κ3) is 4.06. The van der Waals surface area contributed by atoms with Gasteiger partial charge in [-0.1, -0.05) is 67.1 Å². The number of benzene rings is 3. The van der Waals surface area contributed by atoms with Gasteiger partial charge in [0.05, 0.1) is 6.04 Å². The molecule has 0 aliphatic carbocycles. The number of amides is 4. The molecule has 2 N–H and O–H groups in total. The fourth-order valence-electron chi connectivity index (χ4n) is 4.04. The maximum absolute atomic E-state index is 13.2. The lowest BCUT2D eigenvalue weighted by atomic mass is 9.90. The van der Waals surface area contributed by atoms with Crippen molar-refractivity contribution in [3.63, 3.8) is 0 Å². The highest BCUT2D eigenvalue weighted by atomic mass is 35.5. The van der Waals surface area contributed by atoms with Crippen molar-refractivity contribution in [1.82, 2.24) is 15.5 Å². The molecule has 0 radical (unpaired) electrons. The highest BCUT2D eigenvalue weighted by molar-refractivity contribution is 6.30. The van der Waals surface area contributed by atoms with E-state index in [1.54, 1.807) is 19.1 Å². The minimum atomic E-state index is -1.23. The van der Waals surface area contributed by atoms with Crippen LogP contribution in [0.5, 0.6) is 0 Å². The van der Waals surface area contributed by atoms with Gasteiger partial charge in [0.1, 0.15) is 12.1 Å². The van der Waals surface area contributed by atoms with E-state index in [4.69, 9.17) is 11.6 Å². The predicted octanol–water partition coefficient (Wildman–Crippen LogP) is 4.53. The van der Waals surface area contributed by atoms with Crippen LogP contribution in [0.15, 0.2) is 66.7 Å². The fraction of sp³-hybridized carbons (Fsp3) is 0.240. The highest BCUT2D eigenvalue weighted by Gasteiger charge is 2.49. The van der Waals surface area contributed by atoms with Crippen molar-refractivity contribution < 1.29 is 14.4 Å². The van der Waals surface area contributed by atoms with Gasteiger partial charge in [0.2, 0.25) is 5.91 Å². The van der Waals surface area contributed by atoms with Gasteiger partial charge >= 0.3 is 6.03 Å². The molecule has 6 nitrogen and oxygen atoms in total. The maximum atomic E-state index is 13.2. The number of urea groups is 1. The molecule has 2 unspecified atom stereocenters. The zero-order valence-corrected chi connectivity index (χ0v) is 18.6. The van der Waals surface area contributed by atoms with E-state index in [1.807, 2.05) is 61.5 Å². The monoisotopic (exact) mass is 449 g/mol. The summed E-state index contributed by atoms with van der Waals surface area (Å²) in [6.45, 7) is 3.26. The summed E-state index contributed by atoms with van der Waals surface area (Å²) in [4.78, 5) is 39.5. The first-order chi connectivity index (χ1) is 15.3. The molecule has 1 aliphatic heterocycles. The number of halogens is 1. The molecule has 3 aromatic carbocycles. The molecule has 0 saturated carbocycles. The Kier molecular flexibility index (Phi) is 5.89. The first-order valence-corrected chi connectivity index (χ1v) is 10.9. The zero-order valence-electron chi connectivity index (χ0n) is 17.9. The van der Waals surface area contributed by atoms with Gasteiger partial charge in [-0.3, -0.25) is 14.5 Å². The lowest BCUT2D eigenvalue weighted by Gasteiger charge is -2.23. The second-order valence-electron chi connectivity index (χ2n) is 8.09. The van der Waals surface area contributed by atoms with E-state index in [-0.39, 0.29) is 12.6 Å². The van der Waals surface area contributed by atoms with Crippen molar-refractivity contribution in [2.45, 2.75) is 31.8 Å². The van der Waals surface area contributed by atoms with Crippen LogP contribution in [-0.4, -0.2) is 29.3 Å². The molecule has 4 amide bonds. The Hall–Kier alpha value is -3.38. The Balaban J connectivity index is 1.50. The van der Waals surface area contributed by atoms with Crippen molar-refractivity contribution in [2.24, 2.45) is 0 Å². The van der Waals surface area contributed by atoms with Gasteiger partial charge in [-0.15, -0.1) is 0 Å². The van der Waals surface area contributed by atoms with Crippen molar-refractivity contribution in [3.8, 4) is 0 Å². The van der Waals surface area contributed by atoms with Crippen molar-refractivity contribution >= 4 is 40.2 Å². The number of carbonyl (C=O) groups is 3. The van der Waals surface area contributed by atoms with Crippen molar-refractivity contribution in [3.05, 3.63) is 82.9 Å². The fourth-order valence-corrected chi connectivity index (χ4v) is 4.16. The minimum absolute atomic E-state index is 0.243. The number of hydrogen-bond donors (Lipinski definition) is 2. The summed E-state index contributed by atoms with van der Waals surface area (Å²) in [5.41, 5.74) is 0.343. The van der Waals surface area contributed by atoms with Crippen LogP contribution >= 0.6 is 11.6 Å². The summed E-state index contributed by atoms with van der Waals surface area (Å²) in [5, 5.41) is 8.30. The van der Waals surface area contributed by atoms with Crippen LogP contribution in [0.3, 0.4) is 0 Å². The topological polar surface area (TPSA) is 78.5 Å². The Bertz CT molecular complexity index is 1190. The zero-order chi connectivity index (χ0) is 22.9. The van der Waals surface area contributed by atoms with E-state index < -0.39 is 23.4 Å². The summed E-state index contributed by atoms with van der Waals surface area (Å²) in [7, 11) is 0. The van der Waals surface area contributed by atoms with Gasteiger partial charge < -0.3 is 10.6 Å². The van der Waals surface area contributed by atoms with Gasteiger partial charge in [0, 0.05) is 5.02 Å². The number of rotatable bonds is 6. The molecular formula is C25H24ClN3O3. The van der Waals surface area contributed by atoms with Gasteiger partial charge in [0.15, 0.2) is 0 Å². The molecule has 1 saturated heterocycles. The molecule has 32 heavy (non-hydrogen) atoms. The molecule has 164 valence electrons. The third-order valence-corrected chi connectivity index (χ3v) is 6.17. The van der Waals surface area contributed by atoms with E-state index in [9.17, 15) is 14.4 Å². The number of nitrogens with zero attached hydrogens (tertiary/aromatic N) is 1.